The molecule has 6 heteroatoms. The molecule has 1 aliphatic rings. The van der Waals surface area contributed by atoms with Gasteiger partial charge in [0.2, 0.25) is 5.56 Å². The fourth-order valence-electron chi connectivity index (χ4n) is 2.80. The maximum atomic E-state index is 12.2. The smallest absolute Gasteiger partial charge is 0.308 e. The molecule has 0 aliphatic heterocycles. The molecule has 20 heavy (non-hydrogen) atoms. The van der Waals surface area contributed by atoms with Crippen LogP contribution in [-0.4, -0.2) is 27.5 Å². The lowest BCUT2D eigenvalue weighted by Crippen LogP contribution is -2.55. The Morgan fingerprint density at radius 1 is 1.45 bits per heavy atom. The van der Waals surface area contributed by atoms with Crippen LogP contribution in [0.5, 0.6) is 0 Å². The maximum Gasteiger partial charge on any atom is 0.308 e. The summed E-state index contributed by atoms with van der Waals surface area (Å²) in [6, 6.07) is 2.70. The predicted molar refractivity (Wildman–Crippen MR) is 72.5 cm³/mol. The minimum Gasteiger partial charge on any atom is -0.481 e. The SMILES string of the molecule is C[C@]1(NC(=O)c2cc[nH]c(=O)c2)CCCC[C@@H]1C(=O)O. The zero-order valence-corrected chi connectivity index (χ0v) is 11.3. The highest BCUT2D eigenvalue weighted by Crippen LogP contribution is 2.34. The normalized spacial score (nSPS) is 25.9. The van der Waals surface area contributed by atoms with E-state index in [2.05, 4.69) is 10.3 Å². The second kappa shape index (κ2) is 5.48. The van der Waals surface area contributed by atoms with Crippen LogP contribution in [-0.2, 0) is 4.79 Å². The third-order valence-electron chi connectivity index (χ3n) is 3.94. The van der Waals surface area contributed by atoms with Gasteiger partial charge >= 0.3 is 5.97 Å². The van der Waals surface area contributed by atoms with Gasteiger partial charge in [0, 0.05) is 17.8 Å². The molecule has 0 radical (unpaired) electrons. The first-order chi connectivity index (χ1) is 9.42. The largest absolute Gasteiger partial charge is 0.481 e. The third-order valence-corrected chi connectivity index (χ3v) is 3.94. The van der Waals surface area contributed by atoms with Crippen molar-refractivity contribution in [2.24, 2.45) is 5.92 Å². The molecule has 0 spiro atoms. The summed E-state index contributed by atoms with van der Waals surface area (Å²) < 4.78 is 0. The number of pyridine rings is 1. The number of rotatable bonds is 3. The Labute approximate surface area is 116 Å². The van der Waals surface area contributed by atoms with Crippen LogP contribution in [0.15, 0.2) is 23.1 Å². The van der Waals surface area contributed by atoms with Crippen LogP contribution in [0.1, 0.15) is 43.0 Å². The molecular weight excluding hydrogens is 260 g/mol. The van der Waals surface area contributed by atoms with Gasteiger partial charge in [0.25, 0.3) is 5.91 Å². The molecule has 6 nitrogen and oxygen atoms in total. The van der Waals surface area contributed by atoms with Gasteiger partial charge in [-0.1, -0.05) is 12.8 Å². The van der Waals surface area contributed by atoms with Gasteiger partial charge in [0.05, 0.1) is 11.5 Å². The summed E-state index contributed by atoms with van der Waals surface area (Å²) in [6.07, 6.45) is 4.32. The molecule has 0 saturated heterocycles. The standard InChI is InChI=1S/C14H18N2O4/c1-14(6-3-2-4-10(14)13(19)20)16-12(18)9-5-7-15-11(17)8-9/h5,7-8,10H,2-4,6H2,1H3,(H,15,17)(H,16,18)(H,19,20)/t10-,14+/m1/s1. The van der Waals surface area contributed by atoms with Crippen molar-refractivity contribution in [2.75, 3.05) is 0 Å². The van der Waals surface area contributed by atoms with Gasteiger partial charge in [-0.25, -0.2) is 0 Å². The Morgan fingerprint density at radius 2 is 2.20 bits per heavy atom. The van der Waals surface area contributed by atoms with Gasteiger partial charge in [0.15, 0.2) is 0 Å². The van der Waals surface area contributed by atoms with Crippen molar-refractivity contribution in [3.05, 3.63) is 34.2 Å². The summed E-state index contributed by atoms with van der Waals surface area (Å²) in [4.78, 5) is 37.2. The fourth-order valence-corrected chi connectivity index (χ4v) is 2.80. The van der Waals surface area contributed by atoms with E-state index in [4.69, 9.17) is 0 Å². The summed E-state index contributed by atoms with van der Waals surface area (Å²) in [6.45, 7) is 1.76. The quantitative estimate of drug-likeness (QED) is 0.772. The minimum atomic E-state index is -0.890. The van der Waals surface area contributed by atoms with Crippen molar-refractivity contribution in [1.29, 1.82) is 0 Å². The first kappa shape index (κ1) is 14.3. The molecule has 0 aromatic carbocycles. The Kier molecular flexibility index (Phi) is 3.92. The van der Waals surface area contributed by atoms with Crippen molar-refractivity contribution in [3.63, 3.8) is 0 Å². The van der Waals surface area contributed by atoms with Gasteiger partial charge in [0.1, 0.15) is 0 Å². The predicted octanol–water partition coefficient (Wildman–Crippen LogP) is 1.14. The van der Waals surface area contributed by atoms with E-state index >= 15 is 0 Å². The van der Waals surface area contributed by atoms with E-state index in [9.17, 15) is 19.5 Å². The average Bonchev–Trinajstić information content (AvgIpc) is 2.38. The Hall–Kier alpha value is -2.11. The molecule has 1 heterocycles. The van der Waals surface area contributed by atoms with E-state index in [-0.39, 0.29) is 11.1 Å². The molecule has 0 unspecified atom stereocenters. The molecule has 1 aliphatic carbocycles. The summed E-state index contributed by atoms with van der Waals surface area (Å²) in [7, 11) is 0. The van der Waals surface area contributed by atoms with Crippen LogP contribution >= 0.6 is 0 Å². The van der Waals surface area contributed by atoms with Crippen LogP contribution in [0.25, 0.3) is 0 Å². The summed E-state index contributed by atoms with van der Waals surface area (Å²) >= 11 is 0. The molecule has 1 saturated carbocycles. The third kappa shape index (κ3) is 2.89. The second-order valence-corrected chi connectivity index (χ2v) is 5.45. The first-order valence-corrected chi connectivity index (χ1v) is 6.66. The monoisotopic (exact) mass is 278 g/mol. The lowest BCUT2D eigenvalue weighted by atomic mass is 9.74. The number of aliphatic carboxylic acids is 1. The Balaban J connectivity index is 2.20. The van der Waals surface area contributed by atoms with Crippen molar-refractivity contribution >= 4 is 11.9 Å². The van der Waals surface area contributed by atoms with E-state index < -0.39 is 23.3 Å². The lowest BCUT2D eigenvalue weighted by Gasteiger charge is -2.39. The van der Waals surface area contributed by atoms with Crippen LogP contribution in [0.4, 0.5) is 0 Å². The zero-order chi connectivity index (χ0) is 14.8. The van der Waals surface area contributed by atoms with Crippen LogP contribution < -0.4 is 10.9 Å². The second-order valence-electron chi connectivity index (χ2n) is 5.45. The van der Waals surface area contributed by atoms with Crippen molar-refractivity contribution in [2.45, 2.75) is 38.1 Å². The van der Waals surface area contributed by atoms with E-state index in [0.717, 1.165) is 12.8 Å². The van der Waals surface area contributed by atoms with Gasteiger partial charge < -0.3 is 15.4 Å². The molecule has 1 aromatic heterocycles. The van der Waals surface area contributed by atoms with E-state index in [0.29, 0.717) is 12.8 Å². The van der Waals surface area contributed by atoms with Crippen LogP contribution in [0, 0.1) is 5.92 Å². The molecule has 1 amide bonds. The van der Waals surface area contributed by atoms with Crippen LogP contribution in [0.2, 0.25) is 0 Å². The van der Waals surface area contributed by atoms with Gasteiger partial charge in [-0.3, -0.25) is 14.4 Å². The Bertz CT molecular complexity index is 581. The summed E-state index contributed by atoms with van der Waals surface area (Å²) in [5.41, 5.74) is -0.894. The number of aromatic nitrogens is 1. The number of carboxylic acids is 1. The minimum absolute atomic E-state index is 0.240. The molecular formula is C14H18N2O4. The van der Waals surface area contributed by atoms with Crippen LogP contribution in [0.3, 0.4) is 0 Å². The Morgan fingerprint density at radius 3 is 2.85 bits per heavy atom. The summed E-state index contributed by atoms with van der Waals surface area (Å²) in [5, 5.41) is 12.1. The van der Waals surface area contributed by atoms with Crippen molar-refractivity contribution < 1.29 is 14.7 Å². The number of nitrogens with one attached hydrogen (secondary N) is 2. The summed E-state index contributed by atoms with van der Waals surface area (Å²) in [5.74, 6) is -1.90. The zero-order valence-electron chi connectivity index (χ0n) is 11.3. The number of amides is 1. The highest BCUT2D eigenvalue weighted by atomic mass is 16.4. The molecule has 2 atom stereocenters. The number of H-pyrrole nitrogens is 1. The fraction of sp³-hybridized carbons (Fsp3) is 0.500. The lowest BCUT2D eigenvalue weighted by molar-refractivity contribution is -0.145. The molecule has 108 valence electrons. The molecule has 2 rings (SSSR count). The van der Waals surface area contributed by atoms with Gasteiger partial charge in [-0.15, -0.1) is 0 Å². The number of hydrogen-bond donors (Lipinski definition) is 3. The van der Waals surface area contributed by atoms with Gasteiger partial charge in [-0.2, -0.15) is 0 Å². The van der Waals surface area contributed by atoms with E-state index in [1.165, 1.54) is 18.3 Å². The number of carbonyl (C=O) groups is 2. The number of aromatic amines is 1. The number of carbonyl (C=O) groups excluding carboxylic acids is 1. The average molecular weight is 278 g/mol. The maximum absolute atomic E-state index is 12.2. The van der Waals surface area contributed by atoms with Gasteiger partial charge in [-0.05, 0) is 25.8 Å². The molecule has 1 aromatic rings. The van der Waals surface area contributed by atoms with E-state index in [1.807, 2.05) is 0 Å². The van der Waals surface area contributed by atoms with E-state index in [1.54, 1.807) is 6.92 Å². The van der Waals surface area contributed by atoms with Crippen molar-refractivity contribution in [1.82, 2.24) is 10.3 Å². The first-order valence-electron chi connectivity index (χ1n) is 6.66. The molecule has 3 N–H and O–H groups in total. The van der Waals surface area contributed by atoms with Crippen molar-refractivity contribution in [3.8, 4) is 0 Å². The topological polar surface area (TPSA) is 99.3 Å². The molecule has 1 fully saturated rings. The number of carboxylic acid groups (broad SMARTS) is 1. The number of hydrogen-bond acceptors (Lipinski definition) is 3. The highest BCUT2D eigenvalue weighted by Gasteiger charge is 2.42. The molecule has 0 bridgehead atoms. The highest BCUT2D eigenvalue weighted by molar-refractivity contribution is 5.94.